The van der Waals surface area contributed by atoms with E-state index in [1.807, 2.05) is 51.1 Å². The second-order valence-corrected chi connectivity index (χ2v) is 9.45. The summed E-state index contributed by atoms with van der Waals surface area (Å²) < 4.78 is 1.40. The Kier molecular flexibility index (Phi) is 6.28. The molecule has 0 radical (unpaired) electrons. The quantitative estimate of drug-likeness (QED) is 0.585. The van der Waals surface area contributed by atoms with Crippen LogP contribution >= 0.6 is 11.8 Å². The number of hydrogen-bond donors (Lipinski definition) is 1. The van der Waals surface area contributed by atoms with Gasteiger partial charge in [-0.1, -0.05) is 30.0 Å². The molecule has 0 spiro atoms. The summed E-state index contributed by atoms with van der Waals surface area (Å²) in [6.45, 7) is 5.91. The lowest BCUT2D eigenvalue weighted by Crippen LogP contribution is -2.25. The molecular formula is C25H27N3O2S. The molecule has 6 heteroatoms. The fraction of sp³-hybridized carbons (Fsp3) is 0.320. The van der Waals surface area contributed by atoms with Crippen molar-refractivity contribution in [3.8, 4) is 5.69 Å². The Balaban J connectivity index is 1.51. The van der Waals surface area contributed by atoms with Crippen molar-refractivity contribution in [3.63, 3.8) is 0 Å². The van der Waals surface area contributed by atoms with E-state index in [0.717, 1.165) is 41.8 Å². The molecule has 1 amide bonds. The molecule has 3 aromatic rings. The highest BCUT2D eigenvalue weighted by Gasteiger charge is 2.19. The van der Waals surface area contributed by atoms with Crippen LogP contribution in [0.4, 0.5) is 5.69 Å². The van der Waals surface area contributed by atoms with Crippen molar-refractivity contribution in [1.82, 2.24) is 9.78 Å². The maximum Gasteiger partial charge on any atom is 0.271 e. The van der Waals surface area contributed by atoms with E-state index in [2.05, 4.69) is 16.5 Å². The van der Waals surface area contributed by atoms with Crippen LogP contribution in [0.15, 0.2) is 58.4 Å². The van der Waals surface area contributed by atoms with Crippen LogP contribution < -0.4 is 10.9 Å². The van der Waals surface area contributed by atoms with Crippen molar-refractivity contribution in [2.75, 3.05) is 5.32 Å². The molecule has 0 saturated heterocycles. The zero-order valence-electron chi connectivity index (χ0n) is 18.1. The summed E-state index contributed by atoms with van der Waals surface area (Å²) in [7, 11) is 0. The minimum absolute atomic E-state index is 0.0605. The number of thioether (sulfide) groups is 1. The molecule has 2 aromatic carbocycles. The first-order chi connectivity index (χ1) is 14.9. The van der Waals surface area contributed by atoms with Crippen molar-refractivity contribution < 1.29 is 4.79 Å². The van der Waals surface area contributed by atoms with E-state index >= 15 is 0 Å². The number of nitrogens with one attached hydrogen (secondary N) is 1. The van der Waals surface area contributed by atoms with Gasteiger partial charge < -0.3 is 5.32 Å². The zero-order chi connectivity index (χ0) is 22.0. The highest BCUT2D eigenvalue weighted by molar-refractivity contribution is 8.00. The van der Waals surface area contributed by atoms with E-state index in [4.69, 9.17) is 0 Å². The molecule has 1 N–H and O–H groups in total. The molecule has 0 bridgehead atoms. The molecule has 160 valence electrons. The number of aryl methyl sites for hydroxylation is 3. The van der Waals surface area contributed by atoms with Gasteiger partial charge >= 0.3 is 0 Å². The number of rotatable bonds is 5. The topological polar surface area (TPSA) is 64.0 Å². The first-order valence-corrected chi connectivity index (χ1v) is 11.6. The standard InChI is InChI=1S/C25H27N3O2S/c1-16-11-12-20(15-17(16)2)28-24(29)14-13-23(27-28)31-18(3)25(30)26-22-10-6-8-19-7-4-5-9-21(19)22/h6,8,10-15,18H,4-5,7,9H2,1-3H3,(H,26,30). The molecule has 1 aromatic heterocycles. The first-order valence-electron chi connectivity index (χ1n) is 10.7. The molecule has 0 saturated carbocycles. The van der Waals surface area contributed by atoms with Crippen LogP contribution in [-0.2, 0) is 17.6 Å². The number of hydrogen-bond acceptors (Lipinski definition) is 4. The number of carbonyl (C=O) groups is 1. The highest BCUT2D eigenvalue weighted by Crippen LogP contribution is 2.29. The largest absolute Gasteiger partial charge is 0.325 e. The van der Waals surface area contributed by atoms with Crippen molar-refractivity contribution in [3.05, 3.63) is 81.1 Å². The summed E-state index contributed by atoms with van der Waals surface area (Å²) >= 11 is 1.35. The van der Waals surface area contributed by atoms with E-state index in [-0.39, 0.29) is 16.7 Å². The van der Waals surface area contributed by atoms with Crippen molar-refractivity contribution in [2.24, 2.45) is 0 Å². The number of amides is 1. The minimum Gasteiger partial charge on any atom is -0.325 e. The summed E-state index contributed by atoms with van der Waals surface area (Å²) in [6, 6.07) is 15.2. The van der Waals surface area contributed by atoms with E-state index in [0.29, 0.717) is 5.03 Å². The average molecular weight is 434 g/mol. The molecule has 1 aliphatic rings. The van der Waals surface area contributed by atoms with Crippen molar-refractivity contribution >= 4 is 23.4 Å². The second-order valence-electron chi connectivity index (χ2n) is 8.09. The molecule has 1 heterocycles. The average Bonchev–Trinajstić information content (AvgIpc) is 2.77. The summed E-state index contributed by atoms with van der Waals surface area (Å²) in [5, 5.41) is 7.89. The number of anilines is 1. The number of benzene rings is 2. The molecule has 0 fully saturated rings. The van der Waals surface area contributed by atoms with Gasteiger partial charge in [0.25, 0.3) is 5.56 Å². The molecular weight excluding hydrogens is 406 g/mol. The third-order valence-electron chi connectivity index (χ3n) is 5.83. The predicted octanol–water partition coefficient (Wildman–Crippen LogP) is 4.85. The van der Waals surface area contributed by atoms with E-state index in [1.165, 1.54) is 40.1 Å². The van der Waals surface area contributed by atoms with Crippen LogP contribution in [0, 0.1) is 13.8 Å². The molecule has 4 rings (SSSR count). The van der Waals surface area contributed by atoms with Gasteiger partial charge in [-0.05, 0) is 93.0 Å². The third-order valence-corrected chi connectivity index (χ3v) is 6.86. The fourth-order valence-corrected chi connectivity index (χ4v) is 4.67. The van der Waals surface area contributed by atoms with Gasteiger partial charge in [0, 0.05) is 11.8 Å². The molecule has 31 heavy (non-hydrogen) atoms. The van der Waals surface area contributed by atoms with Gasteiger partial charge in [-0.2, -0.15) is 9.78 Å². The van der Waals surface area contributed by atoms with Gasteiger partial charge in [0.1, 0.15) is 5.03 Å². The first kappa shape index (κ1) is 21.4. The summed E-state index contributed by atoms with van der Waals surface area (Å²) in [5.74, 6) is -0.0605. The Bertz CT molecular complexity index is 1190. The smallest absolute Gasteiger partial charge is 0.271 e. The lowest BCUT2D eigenvalue weighted by Gasteiger charge is -2.20. The van der Waals surface area contributed by atoms with Gasteiger partial charge in [-0.15, -0.1) is 0 Å². The van der Waals surface area contributed by atoms with Crippen LogP contribution in [0.2, 0.25) is 0 Å². The molecule has 5 nitrogen and oxygen atoms in total. The summed E-state index contributed by atoms with van der Waals surface area (Å²) in [4.78, 5) is 25.3. The van der Waals surface area contributed by atoms with Gasteiger partial charge in [-0.25, -0.2) is 0 Å². The highest BCUT2D eigenvalue weighted by atomic mass is 32.2. The third kappa shape index (κ3) is 4.74. The lowest BCUT2D eigenvalue weighted by molar-refractivity contribution is -0.115. The van der Waals surface area contributed by atoms with E-state index in [9.17, 15) is 9.59 Å². The van der Waals surface area contributed by atoms with Crippen molar-refractivity contribution in [2.45, 2.75) is 56.7 Å². The van der Waals surface area contributed by atoms with Gasteiger partial charge in [-0.3, -0.25) is 9.59 Å². The molecule has 1 unspecified atom stereocenters. The van der Waals surface area contributed by atoms with Crippen LogP contribution in [0.1, 0.15) is 42.0 Å². The fourth-order valence-electron chi connectivity index (χ4n) is 3.87. The predicted molar refractivity (Wildman–Crippen MR) is 126 cm³/mol. The lowest BCUT2D eigenvalue weighted by atomic mass is 9.90. The zero-order valence-corrected chi connectivity index (χ0v) is 19.0. The van der Waals surface area contributed by atoms with Crippen LogP contribution in [0.25, 0.3) is 5.69 Å². The minimum atomic E-state index is -0.349. The van der Waals surface area contributed by atoms with Crippen LogP contribution in [0.5, 0.6) is 0 Å². The van der Waals surface area contributed by atoms with E-state index in [1.54, 1.807) is 6.07 Å². The Morgan fingerprint density at radius 1 is 1.06 bits per heavy atom. The van der Waals surface area contributed by atoms with Gasteiger partial charge in [0.05, 0.1) is 10.9 Å². The number of nitrogens with zero attached hydrogens (tertiary/aromatic N) is 2. The number of carbonyl (C=O) groups excluding carboxylic acids is 1. The SMILES string of the molecule is Cc1ccc(-n2nc(SC(C)C(=O)Nc3cccc4c3CCCC4)ccc2=O)cc1C. The molecule has 1 atom stereocenters. The number of aromatic nitrogens is 2. The Hall–Kier alpha value is -2.86. The summed E-state index contributed by atoms with van der Waals surface area (Å²) in [5.41, 5.74) is 6.32. The van der Waals surface area contributed by atoms with E-state index < -0.39 is 0 Å². The Morgan fingerprint density at radius 3 is 2.68 bits per heavy atom. The Morgan fingerprint density at radius 2 is 1.87 bits per heavy atom. The van der Waals surface area contributed by atoms with Crippen LogP contribution in [-0.4, -0.2) is 20.9 Å². The second kappa shape index (κ2) is 9.10. The number of fused-ring (bicyclic) bond motifs is 1. The monoisotopic (exact) mass is 433 g/mol. The maximum absolute atomic E-state index is 12.9. The van der Waals surface area contributed by atoms with Gasteiger partial charge in [0.2, 0.25) is 5.91 Å². The molecule has 1 aliphatic carbocycles. The normalized spacial score (nSPS) is 14.0. The summed E-state index contributed by atoms with van der Waals surface area (Å²) in [6.07, 6.45) is 4.45. The maximum atomic E-state index is 12.9. The van der Waals surface area contributed by atoms with Gasteiger partial charge in [0.15, 0.2) is 0 Å². The van der Waals surface area contributed by atoms with Crippen LogP contribution in [0.3, 0.4) is 0 Å². The molecule has 0 aliphatic heterocycles. The van der Waals surface area contributed by atoms with Crippen molar-refractivity contribution in [1.29, 1.82) is 0 Å². The Labute approximate surface area is 186 Å².